The molecule has 7 nitrogen and oxygen atoms in total. The van der Waals surface area contributed by atoms with E-state index in [4.69, 9.17) is 5.73 Å². The second-order valence-electron chi connectivity index (χ2n) is 6.02. The first-order valence-electron chi connectivity index (χ1n) is 7.85. The van der Waals surface area contributed by atoms with Crippen molar-refractivity contribution in [3.8, 4) is 0 Å². The number of aromatic nitrogens is 2. The second kappa shape index (κ2) is 6.84. The van der Waals surface area contributed by atoms with Crippen molar-refractivity contribution >= 4 is 17.2 Å². The van der Waals surface area contributed by atoms with Gasteiger partial charge in [0, 0.05) is 43.9 Å². The molecule has 1 amide bonds. The highest BCUT2D eigenvalue weighted by Gasteiger charge is 2.18. The van der Waals surface area contributed by atoms with E-state index < -0.39 is 0 Å². The lowest BCUT2D eigenvalue weighted by Gasteiger charge is -2.24. The summed E-state index contributed by atoms with van der Waals surface area (Å²) in [5.41, 5.74) is 8.77. The van der Waals surface area contributed by atoms with Gasteiger partial charge in [-0.25, -0.2) is 4.98 Å². The highest BCUT2D eigenvalue weighted by atomic mass is 32.1. The number of H-pyrrole nitrogens is 1. The third kappa shape index (κ3) is 3.40. The van der Waals surface area contributed by atoms with Gasteiger partial charge in [0.25, 0.3) is 11.5 Å². The summed E-state index contributed by atoms with van der Waals surface area (Å²) >= 11 is 1.29. The molecule has 128 valence electrons. The normalized spacial score (nSPS) is 14.5. The Morgan fingerprint density at radius 2 is 2.33 bits per heavy atom. The van der Waals surface area contributed by atoms with E-state index >= 15 is 0 Å². The molecule has 0 radical (unpaired) electrons. The molecule has 0 aromatic carbocycles. The third-order valence-electron chi connectivity index (χ3n) is 4.14. The first kappa shape index (κ1) is 16.8. The van der Waals surface area contributed by atoms with Crippen LogP contribution in [0, 0.1) is 6.92 Å². The molecule has 1 aliphatic heterocycles. The van der Waals surface area contributed by atoms with E-state index in [0.29, 0.717) is 22.7 Å². The molecule has 0 unspecified atom stereocenters. The molecular formula is C16H21N5O2S. The Hall–Kier alpha value is -2.03. The highest BCUT2D eigenvalue weighted by Crippen LogP contribution is 2.18. The largest absolute Gasteiger partial charge is 0.347 e. The molecule has 1 aliphatic rings. The molecule has 2 aromatic rings. The molecule has 8 heteroatoms. The number of fused-ring (bicyclic) bond motifs is 1. The Morgan fingerprint density at radius 3 is 3.04 bits per heavy atom. The van der Waals surface area contributed by atoms with Crippen LogP contribution >= 0.6 is 11.3 Å². The molecule has 0 bridgehead atoms. The van der Waals surface area contributed by atoms with Gasteiger partial charge in [0.2, 0.25) is 0 Å². The van der Waals surface area contributed by atoms with Gasteiger partial charge in [-0.15, -0.1) is 11.3 Å². The molecule has 0 saturated heterocycles. The zero-order chi connectivity index (χ0) is 17.3. The van der Waals surface area contributed by atoms with Gasteiger partial charge in [-0.05, 0) is 25.6 Å². The molecular weight excluding hydrogens is 326 g/mol. The zero-order valence-electron chi connectivity index (χ0n) is 13.8. The van der Waals surface area contributed by atoms with E-state index in [-0.39, 0.29) is 18.0 Å². The topological polar surface area (TPSA) is 104 Å². The van der Waals surface area contributed by atoms with Crippen LogP contribution in [0.2, 0.25) is 0 Å². The van der Waals surface area contributed by atoms with Crippen molar-refractivity contribution in [2.45, 2.75) is 33.0 Å². The average Bonchev–Trinajstić information content (AvgIpc) is 2.94. The molecule has 3 heterocycles. The first-order valence-corrected chi connectivity index (χ1v) is 8.66. The number of aryl methyl sites for hydroxylation is 1. The van der Waals surface area contributed by atoms with E-state index in [9.17, 15) is 9.59 Å². The molecule has 0 fully saturated rings. The lowest BCUT2D eigenvalue weighted by molar-refractivity contribution is 0.0954. The summed E-state index contributed by atoms with van der Waals surface area (Å²) in [5, 5.41) is 3.54. The quantitative estimate of drug-likeness (QED) is 0.748. The molecule has 0 atom stereocenters. The number of thiazole rings is 1. The van der Waals surface area contributed by atoms with Crippen molar-refractivity contribution < 1.29 is 4.79 Å². The van der Waals surface area contributed by atoms with Crippen LogP contribution in [-0.4, -0.2) is 34.4 Å². The molecule has 0 saturated carbocycles. The number of rotatable bonds is 4. The number of nitrogens with zero attached hydrogens (tertiary/aromatic N) is 2. The molecule has 3 rings (SSSR count). The van der Waals surface area contributed by atoms with Crippen molar-refractivity contribution in [3.63, 3.8) is 0 Å². The Labute approximate surface area is 143 Å². The third-order valence-corrected chi connectivity index (χ3v) is 5.32. The second-order valence-corrected chi connectivity index (χ2v) is 7.11. The average molecular weight is 347 g/mol. The van der Waals surface area contributed by atoms with Crippen molar-refractivity contribution in [2.24, 2.45) is 5.73 Å². The maximum Gasteiger partial charge on any atom is 0.263 e. The van der Waals surface area contributed by atoms with E-state index in [1.807, 2.05) is 6.07 Å². The number of hydrogen-bond donors (Lipinski definition) is 3. The van der Waals surface area contributed by atoms with Gasteiger partial charge < -0.3 is 20.9 Å². The number of hydrogen-bond acceptors (Lipinski definition) is 6. The Kier molecular flexibility index (Phi) is 4.79. The maximum absolute atomic E-state index is 12.3. The number of nitrogens with one attached hydrogen (secondary N) is 2. The lowest BCUT2D eigenvalue weighted by atomic mass is 10.0. The van der Waals surface area contributed by atoms with Gasteiger partial charge in [-0.2, -0.15) is 0 Å². The summed E-state index contributed by atoms with van der Waals surface area (Å²) in [5.74, 6) is -0.223. The molecule has 2 aromatic heterocycles. The van der Waals surface area contributed by atoms with Crippen molar-refractivity contribution in [3.05, 3.63) is 48.8 Å². The number of carbonyl (C=O) groups excluding carboxylic acids is 1. The number of carbonyl (C=O) groups is 1. The standard InChI is InChI=1S/C16H21N5O2S/c1-9-14(24-13(6-17)19-9)16(23)18-7-10-5-11-8-21(2)4-3-12(11)20-15(10)22/h5H,3-4,6-8,17H2,1-2H3,(H,18,23)(H,20,22). The summed E-state index contributed by atoms with van der Waals surface area (Å²) in [6.45, 7) is 4.04. The fourth-order valence-electron chi connectivity index (χ4n) is 2.83. The molecule has 0 aliphatic carbocycles. The number of likely N-dealkylation sites (N-methyl/N-ethyl adjacent to an activating group) is 1. The lowest BCUT2D eigenvalue weighted by Crippen LogP contribution is -2.32. The van der Waals surface area contributed by atoms with Crippen LogP contribution in [0.1, 0.15) is 37.2 Å². The number of pyridine rings is 1. The number of aromatic amines is 1. The van der Waals surface area contributed by atoms with E-state index in [1.165, 1.54) is 11.3 Å². The summed E-state index contributed by atoms with van der Waals surface area (Å²) in [4.78, 5) is 34.5. The van der Waals surface area contributed by atoms with Crippen LogP contribution in [0.25, 0.3) is 0 Å². The number of amides is 1. The zero-order valence-corrected chi connectivity index (χ0v) is 14.6. The van der Waals surface area contributed by atoms with Gasteiger partial charge in [0.15, 0.2) is 0 Å². The Balaban J connectivity index is 1.74. The summed E-state index contributed by atoms with van der Waals surface area (Å²) in [6, 6.07) is 1.90. The van der Waals surface area contributed by atoms with Crippen molar-refractivity contribution in [1.82, 2.24) is 20.2 Å². The van der Waals surface area contributed by atoms with Gasteiger partial charge in [-0.1, -0.05) is 0 Å². The first-order chi connectivity index (χ1) is 11.5. The number of nitrogens with two attached hydrogens (primary N) is 1. The van der Waals surface area contributed by atoms with Gasteiger partial charge in [0.05, 0.1) is 5.69 Å². The van der Waals surface area contributed by atoms with Crippen LogP contribution in [0.15, 0.2) is 10.9 Å². The van der Waals surface area contributed by atoms with E-state index in [2.05, 4.69) is 27.2 Å². The minimum atomic E-state index is -0.223. The van der Waals surface area contributed by atoms with Crippen molar-refractivity contribution in [2.75, 3.05) is 13.6 Å². The van der Waals surface area contributed by atoms with Crippen LogP contribution < -0.4 is 16.6 Å². The van der Waals surface area contributed by atoms with Crippen molar-refractivity contribution in [1.29, 1.82) is 0 Å². The molecule has 24 heavy (non-hydrogen) atoms. The van der Waals surface area contributed by atoms with Crippen LogP contribution in [0.3, 0.4) is 0 Å². The maximum atomic E-state index is 12.3. The minimum Gasteiger partial charge on any atom is -0.347 e. The van der Waals surface area contributed by atoms with Gasteiger partial charge in [0.1, 0.15) is 9.88 Å². The Bertz CT molecular complexity index is 826. The van der Waals surface area contributed by atoms with Crippen LogP contribution in [-0.2, 0) is 26.1 Å². The predicted molar refractivity (Wildman–Crippen MR) is 93.0 cm³/mol. The smallest absolute Gasteiger partial charge is 0.263 e. The summed E-state index contributed by atoms with van der Waals surface area (Å²) in [6.07, 6.45) is 0.843. The summed E-state index contributed by atoms with van der Waals surface area (Å²) in [7, 11) is 2.05. The molecule has 0 spiro atoms. The Morgan fingerprint density at radius 1 is 1.54 bits per heavy atom. The predicted octanol–water partition coefficient (Wildman–Crippen LogP) is 0.516. The minimum absolute atomic E-state index is 0.137. The van der Waals surface area contributed by atoms with Gasteiger partial charge in [-0.3, -0.25) is 9.59 Å². The van der Waals surface area contributed by atoms with Crippen LogP contribution in [0.5, 0.6) is 0 Å². The fraction of sp³-hybridized carbons (Fsp3) is 0.438. The van der Waals surface area contributed by atoms with Gasteiger partial charge >= 0.3 is 0 Å². The van der Waals surface area contributed by atoms with E-state index in [1.54, 1.807) is 6.92 Å². The monoisotopic (exact) mass is 347 g/mol. The fourth-order valence-corrected chi connectivity index (χ4v) is 3.69. The van der Waals surface area contributed by atoms with Crippen LogP contribution in [0.4, 0.5) is 0 Å². The molecule has 4 N–H and O–H groups in total. The SMILES string of the molecule is Cc1nc(CN)sc1C(=O)NCc1cc2c([nH]c1=O)CCN(C)C2. The summed E-state index contributed by atoms with van der Waals surface area (Å²) < 4.78 is 0. The van der Waals surface area contributed by atoms with E-state index in [0.717, 1.165) is 35.8 Å². The highest BCUT2D eigenvalue weighted by molar-refractivity contribution is 7.13.